The van der Waals surface area contributed by atoms with Crippen molar-refractivity contribution in [1.82, 2.24) is 0 Å². The van der Waals surface area contributed by atoms with Gasteiger partial charge >= 0.3 is 0 Å². The lowest BCUT2D eigenvalue weighted by Crippen LogP contribution is -2.13. The highest BCUT2D eigenvalue weighted by atomic mass is 79.9. The topological polar surface area (TPSA) is 18.5 Å². The number of benzene rings is 3. The molecule has 0 heterocycles. The summed E-state index contributed by atoms with van der Waals surface area (Å²) in [7, 11) is 0. The van der Waals surface area contributed by atoms with E-state index in [1.807, 2.05) is 6.07 Å². The van der Waals surface area contributed by atoms with Crippen molar-refractivity contribution in [2.75, 3.05) is 13.2 Å². The molecule has 3 heteroatoms. The lowest BCUT2D eigenvalue weighted by molar-refractivity contribution is 0.227. The molecule has 220 valence electrons. The fourth-order valence-corrected chi connectivity index (χ4v) is 5.09. The minimum Gasteiger partial charge on any atom is -0.493 e. The molecule has 2 atom stereocenters. The van der Waals surface area contributed by atoms with Crippen LogP contribution in [0.4, 0.5) is 0 Å². The molecule has 0 aliphatic rings. The minimum atomic E-state index is 0.557. The average Bonchev–Trinajstić information content (AvgIpc) is 3.01. The van der Waals surface area contributed by atoms with Gasteiger partial charge in [0.15, 0.2) is 0 Å². The third-order valence-electron chi connectivity index (χ3n) is 7.76. The summed E-state index contributed by atoms with van der Waals surface area (Å²) in [6.07, 6.45) is 18.2. The lowest BCUT2D eigenvalue weighted by Gasteiger charge is -2.20. The number of unbranched alkanes of at least 4 members (excludes halogenated alkanes) is 2. The summed E-state index contributed by atoms with van der Waals surface area (Å²) in [5.74, 6) is 2.93. The summed E-state index contributed by atoms with van der Waals surface area (Å²) in [5, 5.41) is 0. The number of hydrogen-bond acceptors (Lipinski definition) is 2. The van der Waals surface area contributed by atoms with Crippen molar-refractivity contribution in [3.05, 3.63) is 93.5 Å². The fraction of sp³-hybridized carbons (Fsp3) is 0.421. The molecule has 3 aromatic carbocycles. The number of ether oxygens (including phenoxy) is 2. The second-order valence-corrected chi connectivity index (χ2v) is 11.9. The molecule has 0 aromatic heterocycles. The third-order valence-corrected chi connectivity index (χ3v) is 8.29. The molecule has 0 fully saturated rings. The molecule has 3 rings (SSSR count). The lowest BCUT2D eigenvalue weighted by atomic mass is 10.00. The van der Waals surface area contributed by atoms with Crippen LogP contribution in [-0.4, -0.2) is 13.2 Å². The van der Waals surface area contributed by atoms with Crippen LogP contribution in [0.5, 0.6) is 11.5 Å². The highest BCUT2D eigenvalue weighted by molar-refractivity contribution is 9.10. The Labute approximate surface area is 258 Å². The van der Waals surface area contributed by atoms with Crippen LogP contribution in [0.2, 0.25) is 0 Å². The second-order valence-electron chi connectivity index (χ2n) is 11.0. The van der Waals surface area contributed by atoms with E-state index in [1.165, 1.54) is 44.1 Å². The van der Waals surface area contributed by atoms with Crippen molar-refractivity contribution in [1.29, 1.82) is 0 Å². The van der Waals surface area contributed by atoms with Gasteiger partial charge in [-0.1, -0.05) is 149 Å². The van der Waals surface area contributed by atoms with Gasteiger partial charge in [0.2, 0.25) is 0 Å². The van der Waals surface area contributed by atoms with Gasteiger partial charge in [-0.05, 0) is 60.1 Å². The third kappa shape index (κ3) is 11.6. The van der Waals surface area contributed by atoms with Crippen molar-refractivity contribution < 1.29 is 9.47 Å². The Morgan fingerprint density at radius 1 is 0.610 bits per heavy atom. The maximum Gasteiger partial charge on any atom is 0.127 e. The van der Waals surface area contributed by atoms with E-state index in [1.54, 1.807) is 0 Å². The van der Waals surface area contributed by atoms with E-state index in [4.69, 9.17) is 9.47 Å². The Balaban J connectivity index is 1.99. The number of halogens is 1. The van der Waals surface area contributed by atoms with Gasteiger partial charge in [0.1, 0.15) is 11.5 Å². The van der Waals surface area contributed by atoms with Gasteiger partial charge in [0.05, 0.1) is 13.2 Å². The second kappa shape index (κ2) is 18.6. The van der Waals surface area contributed by atoms with Gasteiger partial charge in [0, 0.05) is 15.6 Å². The zero-order chi connectivity index (χ0) is 29.3. The molecule has 0 unspecified atom stereocenters. The Bertz CT molecular complexity index is 1200. The van der Waals surface area contributed by atoms with E-state index < -0.39 is 0 Å². The Morgan fingerprint density at radius 3 is 1.51 bits per heavy atom. The molecule has 0 N–H and O–H groups in total. The van der Waals surface area contributed by atoms with Crippen molar-refractivity contribution in [3.8, 4) is 11.5 Å². The van der Waals surface area contributed by atoms with Crippen LogP contribution in [-0.2, 0) is 0 Å². The molecule has 0 saturated heterocycles. The first-order valence-corrected chi connectivity index (χ1v) is 16.5. The van der Waals surface area contributed by atoms with Gasteiger partial charge < -0.3 is 9.47 Å². The first kappa shape index (κ1) is 32.7. The van der Waals surface area contributed by atoms with Crippen LogP contribution in [0, 0.1) is 11.8 Å². The molecule has 0 radical (unpaired) electrons. The number of hydrogen-bond donors (Lipinski definition) is 0. The first-order valence-electron chi connectivity index (χ1n) is 15.7. The van der Waals surface area contributed by atoms with Crippen LogP contribution >= 0.6 is 15.9 Å². The maximum atomic E-state index is 6.59. The summed E-state index contributed by atoms with van der Waals surface area (Å²) in [5.41, 5.74) is 4.41. The Morgan fingerprint density at radius 2 is 1.07 bits per heavy atom. The van der Waals surface area contributed by atoms with Gasteiger partial charge in [-0.3, -0.25) is 0 Å². The van der Waals surface area contributed by atoms with Gasteiger partial charge in [-0.25, -0.2) is 0 Å². The molecule has 0 aliphatic heterocycles. The summed E-state index contributed by atoms with van der Waals surface area (Å²) < 4.78 is 14.3. The first-order chi connectivity index (χ1) is 20.1. The summed E-state index contributed by atoms with van der Waals surface area (Å²) in [6.45, 7) is 10.5. The molecule has 0 bridgehead atoms. The summed E-state index contributed by atoms with van der Waals surface area (Å²) in [6, 6.07) is 23.2. The quantitative estimate of drug-likeness (QED) is 0.132. The van der Waals surface area contributed by atoms with Crippen LogP contribution < -0.4 is 9.47 Å². The Hall–Kier alpha value is -2.78. The van der Waals surface area contributed by atoms with Crippen molar-refractivity contribution in [3.63, 3.8) is 0 Å². The fourth-order valence-electron chi connectivity index (χ4n) is 4.82. The molecule has 2 nitrogen and oxygen atoms in total. The standard InChI is InChI=1S/C38H49BrO2/c1-5-9-14-30(7-3)28-40-37-27-35(23-19-33-20-24-36(39)25-21-33)38(41-29-31(8-4)15-10-6-2)26-34(37)22-18-32-16-12-11-13-17-32/h11-13,16-27,30-31H,5-10,14-15,28-29H2,1-4H3/b22-18+,23-19+/t30-,31+/m0/s1. The highest BCUT2D eigenvalue weighted by Gasteiger charge is 2.14. The van der Waals surface area contributed by atoms with Gasteiger partial charge in [-0.2, -0.15) is 0 Å². The predicted molar refractivity (Wildman–Crippen MR) is 182 cm³/mol. The van der Waals surface area contributed by atoms with Crippen LogP contribution in [0.25, 0.3) is 24.3 Å². The van der Waals surface area contributed by atoms with E-state index in [0.29, 0.717) is 11.8 Å². The SMILES string of the molecule is CCCC[C@@H](CC)COc1cc(/C=C/c2ccccc2)c(OC[C@@H](CC)CCCC)cc1/C=C/c1ccc(Br)cc1. The highest BCUT2D eigenvalue weighted by Crippen LogP contribution is 2.34. The normalized spacial score (nSPS) is 13.1. The molecular formula is C38H49BrO2. The molecule has 0 saturated carbocycles. The Kier molecular flexibility index (Phi) is 14.9. The number of rotatable bonds is 18. The van der Waals surface area contributed by atoms with E-state index in [-0.39, 0.29) is 0 Å². The largest absolute Gasteiger partial charge is 0.493 e. The molecule has 41 heavy (non-hydrogen) atoms. The maximum absolute atomic E-state index is 6.59. The molecule has 0 aliphatic carbocycles. The zero-order valence-electron chi connectivity index (χ0n) is 25.6. The van der Waals surface area contributed by atoms with Gasteiger partial charge in [0.25, 0.3) is 0 Å². The van der Waals surface area contributed by atoms with Crippen LogP contribution in [0.3, 0.4) is 0 Å². The van der Waals surface area contributed by atoms with Crippen molar-refractivity contribution in [2.24, 2.45) is 11.8 Å². The van der Waals surface area contributed by atoms with E-state index >= 15 is 0 Å². The summed E-state index contributed by atoms with van der Waals surface area (Å²) >= 11 is 3.54. The van der Waals surface area contributed by atoms with Crippen molar-refractivity contribution in [2.45, 2.75) is 79.1 Å². The molecule has 0 amide bonds. The van der Waals surface area contributed by atoms with Crippen LogP contribution in [0.15, 0.2) is 71.2 Å². The average molecular weight is 618 g/mol. The monoisotopic (exact) mass is 616 g/mol. The zero-order valence-corrected chi connectivity index (χ0v) is 27.2. The minimum absolute atomic E-state index is 0.557. The molecular weight excluding hydrogens is 568 g/mol. The molecule has 0 spiro atoms. The molecule has 3 aromatic rings. The summed E-state index contributed by atoms with van der Waals surface area (Å²) in [4.78, 5) is 0. The van der Waals surface area contributed by atoms with Gasteiger partial charge in [-0.15, -0.1) is 0 Å². The predicted octanol–water partition coefficient (Wildman–Crippen LogP) is 12.0. The van der Waals surface area contributed by atoms with E-state index in [2.05, 4.69) is 129 Å². The van der Waals surface area contributed by atoms with Crippen LogP contribution in [0.1, 0.15) is 101 Å². The van der Waals surface area contributed by atoms with E-state index in [0.717, 1.165) is 58.7 Å². The van der Waals surface area contributed by atoms with E-state index in [9.17, 15) is 0 Å². The van der Waals surface area contributed by atoms with Crippen molar-refractivity contribution >= 4 is 40.2 Å². The smallest absolute Gasteiger partial charge is 0.127 e.